The molecule has 0 bridgehead atoms. The summed E-state index contributed by atoms with van der Waals surface area (Å²) in [5.74, 6) is 0.812. The van der Waals surface area contributed by atoms with E-state index in [4.69, 9.17) is 0 Å². The molecule has 6 heteroatoms. The topological polar surface area (TPSA) is 66.0 Å². The second-order valence-corrected chi connectivity index (χ2v) is 7.83. The number of nitrogens with zero attached hydrogens (tertiary/aromatic N) is 3. The number of anilines is 1. The van der Waals surface area contributed by atoms with Gasteiger partial charge in [-0.1, -0.05) is 13.8 Å². The van der Waals surface area contributed by atoms with Crippen LogP contribution >= 0.6 is 0 Å². The van der Waals surface area contributed by atoms with Crippen LogP contribution in [0, 0.1) is 11.7 Å². The molecular formula is C21H24FN5. The number of aliphatic imine (C=N–C) groups is 1. The lowest BCUT2D eigenvalue weighted by Gasteiger charge is -2.17. The fraction of sp³-hybridized carbons (Fsp3) is 0.381. The molecule has 1 atom stereocenters. The highest BCUT2D eigenvalue weighted by molar-refractivity contribution is 5.99. The van der Waals surface area contributed by atoms with E-state index in [2.05, 4.69) is 45.2 Å². The van der Waals surface area contributed by atoms with Crippen molar-refractivity contribution in [1.29, 1.82) is 0 Å². The normalized spacial score (nSPS) is 16.3. The highest BCUT2D eigenvalue weighted by atomic mass is 19.1. The zero-order valence-corrected chi connectivity index (χ0v) is 16.3. The molecule has 3 heterocycles. The Hall–Kier alpha value is -2.76. The van der Waals surface area contributed by atoms with E-state index in [0.29, 0.717) is 17.6 Å². The van der Waals surface area contributed by atoms with Crippen LogP contribution in [-0.2, 0) is 0 Å². The van der Waals surface area contributed by atoms with Crippen LogP contribution in [0.4, 0.5) is 16.0 Å². The summed E-state index contributed by atoms with van der Waals surface area (Å²) in [6.45, 7) is 10.3. The van der Waals surface area contributed by atoms with Gasteiger partial charge >= 0.3 is 0 Å². The van der Waals surface area contributed by atoms with Crippen molar-refractivity contribution in [3.8, 4) is 11.1 Å². The molecule has 0 saturated carbocycles. The lowest BCUT2D eigenvalue weighted by atomic mass is 9.85. The van der Waals surface area contributed by atoms with Gasteiger partial charge in [-0.15, -0.1) is 0 Å². The predicted molar refractivity (Wildman–Crippen MR) is 108 cm³/mol. The third-order valence-corrected chi connectivity index (χ3v) is 4.99. The molecule has 4 rings (SSSR count). The van der Waals surface area contributed by atoms with Gasteiger partial charge in [-0.2, -0.15) is 4.98 Å². The van der Waals surface area contributed by atoms with Crippen molar-refractivity contribution in [2.45, 2.75) is 46.6 Å². The summed E-state index contributed by atoms with van der Waals surface area (Å²) in [4.78, 5) is 16.6. The van der Waals surface area contributed by atoms with Gasteiger partial charge in [0.05, 0.1) is 0 Å². The van der Waals surface area contributed by atoms with Gasteiger partial charge in [-0.25, -0.2) is 9.37 Å². The molecule has 0 amide bonds. The molecule has 0 spiro atoms. The molecule has 1 aromatic carbocycles. The molecule has 5 nitrogen and oxygen atoms in total. The first-order chi connectivity index (χ1) is 12.8. The third-order valence-electron chi connectivity index (χ3n) is 4.99. The van der Waals surface area contributed by atoms with Gasteiger partial charge in [0.1, 0.15) is 17.2 Å². The number of aromatic nitrogens is 3. The highest BCUT2D eigenvalue weighted by Gasteiger charge is 2.30. The Bertz CT molecular complexity index is 1050. The van der Waals surface area contributed by atoms with E-state index in [1.807, 2.05) is 27.0 Å². The van der Waals surface area contributed by atoms with E-state index in [0.717, 1.165) is 33.4 Å². The van der Waals surface area contributed by atoms with Crippen molar-refractivity contribution in [2.75, 3.05) is 5.32 Å². The molecule has 140 valence electrons. The Morgan fingerprint density at radius 3 is 2.67 bits per heavy atom. The van der Waals surface area contributed by atoms with Gasteiger partial charge in [0.15, 0.2) is 0 Å². The van der Waals surface area contributed by atoms with Crippen LogP contribution in [-0.4, -0.2) is 26.7 Å². The van der Waals surface area contributed by atoms with Crippen molar-refractivity contribution in [3.05, 3.63) is 35.9 Å². The van der Waals surface area contributed by atoms with Gasteiger partial charge in [0.25, 0.3) is 0 Å². The number of aromatic amines is 1. The first-order valence-corrected chi connectivity index (χ1v) is 9.34. The van der Waals surface area contributed by atoms with Gasteiger partial charge in [0.2, 0.25) is 5.95 Å². The Morgan fingerprint density at radius 2 is 1.96 bits per heavy atom. The maximum atomic E-state index is 14.8. The maximum absolute atomic E-state index is 14.8. The summed E-state index contributed by atoms with van der Waals surface area (Å²) in [6, 6.07) is 3.87. The van der Waals surface area contributed by atoms with E-state index >= 15 is 0 Å². The molecule has 0 aliphatic carbocycles. The number of halogens is 1. The fourth-order valence-corrected chi connectivity index (χ4v) is 3.92. The molecule has 1 aliphatic heterocycles. The number of nitrogens with one attached hydrogen (secondary N) is 2. The smallest absolute Gasteiger partial charge is 0.224 e. The monoisotopic (exact) mass is 365 g/mol. The standard InChI is InChI=1S/C21H24FN5/c1-10(2)18-12(5)26-19-14(18)6-13(7-17(19)22)15-8-23-20-16(15)9-24-21(27-20)25-11(3)4/h6-11,18H,1-5H3,(H2,23,24,25,27). The number of hydrogen-bond acceptors (Lipinski definition) is 4. The Kier molecular flexibility index (Phi) is 4.21. The van der Waals surface area contributed by atoms with Crippen LogP contribution in [0.25, 0.3) is 22.2 Å². The molecule has 27 heavy (non-hydrogen) atoms. The second kappa shape index (κ2) is 6.44. The van der Waals surface area contributed by atoms with Crippen molar-refractivity contribution in [1.82, 2.24) is 15.0 Å². The number of benzene rings is 1. The third kappa shape index (κ3) is 2.99. The van der Waals surface area contributed by atoms with E-state index in [1.165, 1.54) is 0 Å². The molecule has 0 radical (unpaired) electrons. The minimum absolute atomic E-state index is 0.151. The lowest BCUT2D eigenvalue weighted by Crippen LogP contribution is -2.12. The van der Waals surface area contributed by atoms with Crippen molar-refractivity contribution >= 4 is 28.4 Å². The Morgan fingerprint density at radius 1 is 1.19 bits per heavy atom. The van der Waals surface area contributed by atoms with Crippen LogP contribution in [0.5, 0.6) is 0 Å². The molecular weight excluding hydrogens is 341 g/mol. The van der Waals surface area contributed by atoms with Crippen molar-refractivity contribution in [3.63, 3.8) is 0 Å². The summed E-state index contributed by atoms with van der Waals surface area (Å²) in [5, 5.41) is 4.07. The lowest BCUT2D eigenvalue weighted by molar-refractivity contribution is 0.601. The van der Waals surface area contributed by atoms with Crippen LogP contribution in [0.1, 0.15) is 46.1 Å². The number of fused-ring (bicyclic) bond motifs is 2. The van der Waals surface area contributed by atoms with Gasteiger partial charge in [-0.05, 0) is 49.9 Å². The van der Waals surface area contributed by atoms with E-state index in [1.54, 1.807) is 12.3 Å². The average Bonchev–Trinajstić information content (AvgIpc) is 3.14. The number of H-pyrrole nitrogens is 1. The second-order valence-electron chi connectivity index (χ2n) is 7.83. The first kappa shape index (κ1) is 17.6. The average molecular weight is 365 g/mol. The molecule has 1 aliphatic rings. The summed E-state index contributed by atoms with van der Waals surface area (Å²) in [7, 11) is 0. The van der Waals surface area contributed by atoms with Gasteiger partial charge in [-0.3, -0.25) is 4.99 Å². The summed E-state index contributed by atoms with van der Waals surface area (Å²) >= 11 is 0. The van der Waals surface area contributed by atoms with Crippen molar-refractivity contribution < 1.29 is 4.39 Å². The van der Waals surface area contributed by atoms with E-state index in [9.17, 15) is 4.39 Å². The van der Waals surface area contributed by atoms with Crippen LogP contribution in [0.3, 0.4) is 0 Å². The summed E-state index contributed by atoms with van der Waals surface area (Å²) < 4.78 is 14.8. The first-order valence-electron chi connectivity index (χ1n) is 9.34. The molecule has 2 N–H and O–H groups in total. The minimum atomic E-state index is -0.279. The van der Waals surface area contributed by atoms with Crippen molar-refractivity contribution in [2.24, 2.45) is 10.9 Å². The molecule has 2 aromatic heterocycles. The largest absolute Gasteiger partial charge is 0.352 e. The minimum Gasteiger partial charge on any atom is -0.352 e. The van der Waals surface area contributed by atoms with Crippen LogP contribution in [0.15, 0.2) is 29.5 Å². The van der Waals surface area contributed by atoms with Crippen LogP contribution in [0.2, 0.25) is 0 Å². The SMILES string of the molecule is CC1=Nc2c(F)cc(-c3c[nH]c4nc(NC(C)C)ncc34)cc2C1C(C)C. The zero-order valence-electron chi connectivity index (χ0n) is 16.3. The van der Waals surface area contributed by atoms with E-state index < -0.39 is 0 Å². The quantitative estimate of drug-likeness (QED) is 0.648. The Balaban J connectivity index is 1.80. The maximum Gasteiger partial charge on any atom is 0.224 e. The van der Waals surface area contributed by atoms with Gasteiger partial charge < -0.3 is 10.3 Å². The number of hydrogen-bond donors (Lipinski definition) is 2. The summed E-state index contributed by atoms with van der Waals surface area (Å²) in [6.07, 6.45) is 3.65. The molecule has 0 fully saturated rings. The summed E-state index contributed by atoms with van der Waals surface area (Å²) in [5.41, 5.74) is 4.87. The molecule has 1 unspecified atom stereocenters. The number of rotatable bonds is 4. The van der Waals surface area contributed by atoms with Gasteiger partial charge in [0, 0.05) is 41.0 Å². The predicted octanol–water partition coefficient (Wildman–Crippen LogP) is 5.43. The van der Waals surface area contributed by atoms with E-state index in [-0.39, 0.29) is 17.8 Å². The van der Waals surface area contributed by atoms with Crippen LogP contribution < -0.4 is 5.32 Å². The highest BCUT2D eigenvalue weighted by Crippen LogP contribution is 2.44. The molecule has 0 saturated heterocycles. The molecule has 3 aromatic rings. The Labute approximate surface area is 158 Å². The fourth-order valence-electron chi connectivity index (χ4n) is 3.92. The zero-order chi connectivity index (χ0) is 19.3.